The Labute approximate surface area is 127 Å². The third-order valence-corrected chi connectivity index (χ3v) is 4.07. The molecule has 0 amide bonds. The van der Waals surface area contributed by atoms with E-state index in [1.807, 2.05) is 0 Å². The molecule has 0 radical (unpaired) electrons. The lowest BCUT2D eigenvalue weighted by molar-refractivity contribution is 0.306. The fraction of sp³-hybridized carbons (Fsp3) is 0.368. The van der Waals surface area contributed by atoms with Gasteiger partial charge >= 0.3 is 0 Å². The lowest BCUT2D eigenvalue weighted by Crippen LogP contribution is -2.11. The number of fused-ring (bicyclic) bond motifs is 1. The van der Waals surface area contributed by atoms with Crippen LogP contribution < -0.4 is 10.1 Å². The quantitative estimate of drug-likeness (QED) is 0.868. The Bertz CT molecular complexity index is 589. The van der Waals surface area contributed by atoms with Crippen molar-refractivity contribution < 1.29 is 4.74 Å². The monoisotopic (exact) mass is 281 g/mol. The number of ether oxygens (including phenoxy) is 1. The van der Waals surface area contributed by atoms with Gasteiger partial charge in [0.25, 0.3) is 0 Å². The van der Waals surface area contributed by atoms with Gasteiger partial charge in [-0.15, -0.1) is 0 Å². The van der Waals surface area contributed by atoms with Gasteiger partial charge in [-0.25, -0.2) is 0 Å². The highest BCUT2D eigenvalue weighted by molar-refractivity contribution is 5.35. The van der Waals surface area contributed by atoms with E-state index in [4.69, 9.17) is 4.74 Å². The highest BCUT2D eigenvalue weighted by atomic mass is 16.5. The second-order valence-electron chi connectivity index (χ2n) is 5.67. The Hall–Kier alpha value is -1.80. The molecular formula is C19H23NO. The summed E-state index contributed by atoms with van der Waals surface area (Å²) in [6.07, 6.45) is 3.76. The highest BCUT2D eigenvalue weighted by Crippen LogP contribution is 2.23. The summed E-state index contributed by atoms with van der Waals surface area (Å²) in [5, 5.41) is 3.32. The van der Waals surface area contributed by atoms with Crippen molar-refractivity contribution in [1.82, 2.24) is 5.32 Å². The third kappa shape index (κ3) is 3.64. The molecule has 1 aliphatic rings. The Morgan fingerprint density at radius 3 is 2.52 bits per heavy atom. The van der Waals surface area contributed by atoms with Crippen molar-refractivity contribution in [2.45, 2.75) is 39.3 Å². The van der Waals surface area contributed by atoms with E-state index >= 15 is 0 Å². The first kappa shape index (κ1) is 14.2. The summed E-state index contributed by atoms with van der Waals surface area (Å²) < 4.78 is 5.89. The molecular weight excluding hydrogens is 258 g/mol. The zero-order chi connectivity index (χ0) is 14.5. The zero-order valence-corrected chi connectivity index (χ0v) is 12.7. The van der Waals surface area contributed by atoms with Crippen LogP contribution in [0.15, 0.2) is 42.5 Å². The van der Waals surface area contributed by atoms with Gasteiger partial charge in [0.15, 0.2) is 0 Å². The summed E-state index contributed by atoms with van der Waals surface area (Å²) in [5.74, 6) is 0.941. The topological polar surface area (TPSA) is 21.3 Å². The van der Waals surface area contributed by atoms with Gasteiger partial charge in [0, 0.05) is 6.54 Å². The molecule has 3 rings (SSSR count). The number of hydrogen-bond donors (Lipinski definition) is 1. The predicted octanol–water partition coefficient (Wildman–Crippen LogP) is 3.86. The van der Waals surface area contributed by atoms with Crippen LogP contribution in [0.4, 0.5) is 0 Å². The Kier molecular flexibility index (Phi) is 4.56. The first-order chi connectivity index (χ1) is 10.3. The molecule has 1 N–H and O–H groups in total. The molecule has 2 aromatic rings. The van der Waals surface area contributed by atoms with Crippen LogP contribution >= 0.6 is 0 Å². The Morgan fingerprint density at radius 2 is 1.71 bits per heavy atom. The number of nitrogens with one attached hydrogen (secondary N) is 1. The van der Waals surface area contributed by atoms with E-state index in [1.165, 1.54) is 41.5 Å². The smallest absolute Gasteiger partial charge is 0.119 e. The normalized spacial score (nSPS) is 13.2. The molecule has 0 fully saturated rings. The Balaban J connectivity index is 1.57. The van der Waals surface area contributed by atoms with Crippen molar-refractivity contribution in [3.63, 3.8) is 0 Å². The molecule has 0 saturated carbocycles. The summed E-state index contributed by atoms with van der Waals surface area (Å²) >= 11 is 0. The summed E-state index contributed by atoms with van der Waals surface area (Å²) in [6, 6.07) is 15.1. The van der Waals surface area contributed by atoms with E-state index in [9.17, 15) is 0 Å². The van der Waals surface area contributed by atoms with Crippen LogP contribution in [0.1, 0.15) is 35.6 Å². The van der Waals surface area contributed by atoms with Gasteiger partial charge in [0.1, 0.15) is 12.4 Å². The molecule has 0 aliphatic heterocycles. The van der Waals surface area contributed by atoms with Crippen LogP contribution in [-0.4, -0.2) is 6.54 Å². The molecule has 0 saturated heterocycles. The standard InChI is InChI=1S/C19H23NO/c1-2-20-13-15-7-10-19(11-8-15)21-14-16-6-9-17-4-3-5-18(17)12-16/h6-12,20H,2-5,13-14H2,1H3. The molecule has 0 heterocycles. The minimum absolute atomic E-state index is 0.653. The second kappa shape index (κ2) is 6.77. The van der Waals surface area contributed by atoms with Crippen LogP contribution in [0.5, 0.6) is 5.75 Å². The number of rotatable bonds is 6. The zero-order valence-electron chi connectivity index (χ0n) is 12.7. The van der Waals surface area contributed by atoms with Gasteiger partial charge in [-0.1, -0.05) is 37.3 Å². The molecule has 0 spiro atoms. The molecule has 0 unspecified atom stereocenters. The number of aryl methyl sites for hydroxylation is 2. The van der Waals surface area contributed by atoms with E-state index in [-0.39, 0.29) is 0 Å². The molecule has 110 valence electrons. The van der Waals surface area contributed by atoms with E-state index in [0.29, 0.717) is 6.61 Å². The van der Waals surface area contributed by atoms with Gasteiger partial charge in [-0.3, -0.25) is 0 Å². The molecule has 0 aromatic heterocycles. The largest absolute Gasteiger partial charge is 0.489 e. The van der Waals surface area contributed by atoms with E-state index in [1.54, 1.807) is 0 Å². The van der Waals surface area contributed by atoms with Gasteiger partial charge in [-0.05, 0) is 60.2 Å². The van der Waals surface area contributed by atoms with Gasteiger partial charge in [0.2, 0.25) is 0 Å². The molecule has 2 nitrogen and oxygen atoms in total. The van der Waals surface area contributed by atoms with E-state index in [2.05, 4.69) is 54.7 Å². The lowest BCUT2D eigenvalue weighted by atomic mass is 10.1. The summed E-state index contributed by atoms with van der Waals surface area (Å²) in [4.78, 5) is 0. The van der Waals surface area contributed by atoms with Crippen molar-refractivity contribution in [1.29, 1.82) is 0 Å². The number of hydrogen-bond acceptors (Lipinski definition) is 2. The maximum atomic E-state index is 5.89. The fourth-order valence-corrected chi connectivity index (χ4v) is 2.85. The van der Waals surface area contributed by atoms with Crippen molar-refractivity contribution >= 4 is 0 Å². The first-order valence-corrected chi connectivity index (χ1v) is 7.88. The average molecular weight is 281 g/mol. The van der Waals surface area contributed by atoms with Crippen LogP contribution in [0, 0.1) is 0 Å². The Morgan fingerprint density at radius 1 is 0.952 bits per heavy atom. The lowest BCUT2D eigenvalue weighted by Gasteiger charge is -2.09. The van der Waals surface area contributed by atoms with Crippen molar-refractivity contribution in [3.8, 4) is 5.75 Å². The summed E-state index contributed by atoms with van der Waals surface area (Å²) in [5.41, 5.74) is 5.60. The van der Waals surface area contributed by atoms with Crippen molar-refractivity contribution in [2.24, 2.45) is 0 Å². The SMILES string of the molecule is CCNCc1ccc(OCc2ccc3c(c2)CCC3)cc1. The molecule has 0 bridgehead atoms. The average Bonchev–Trinajstić information content (AvgIpc) is 2.99. The summed E-state index contributed by atoms with van der Waals surface area (Å²) in [6.45, 7) is 4.69. The first-order valence-electron chi connectivity index (χ1n) is 7.88. The molecule has 2 aromatic carbocycles. The second-order valence-corrected chi connectivity index (χ2v) is 5.67. The maximum absolute atomic E-state index is 5.89. The van der Waals surface area contributed by atoms with Crippen LogP contribution in [-0.2, 0) is 26.0 Å². The maximum Gasteiger partial charge on any atom is 0.119 e. The number of benzene rings is 2. The molecule has 2 heteroatoms. The fourth-order valence-electron chi connectivity index (χ4n) is 2.85. The van der Waals surface area contributed by atoms with Crippen LogP contribution in [0.3, 0.4) is 0 Å². The van der Waals surface area contributed by atoms with Crippen molar-refractivity contribution in [2.75, 3.05) is 6.54 Å². The van der Waals surface area contributed by atoms with E-state index in [0.717, 1.165) is 18.8 Å². The third-order valence-electron chi connectivity index (χ3n) is 4.07. The molecule has 1 aliphatic carbocycles. The van der Waals surface area contributed by atoms with E-state index < -0.39 is 0 Å². The van der Waals surface area contributed by atoms with Gasteiger partial charge < -0.3 is 10.1 Å². The minimum atomic E-state index is 0.653. The molecule has 21 heavy (non-hydrogen) atoms. The van der Waals surface area contributed by atoms with Crippen LogP contribution in [0.25, 0.3) is 0 Å². The van der Waals surface area contributed by atoms with Gasteiger partial charge in [0.05, 0.1) is 0 Å². The molecule has 0 atom stereocenters. The van der Waals surface area contributed by atoms with Crippen LogP contribution in [0.2, 0.25) is 0 Å². The van der Waals surface area contributed by atoms with Gasteiger partial charge in [-0.2, -0.15) is 0 Å². The predicted molar refractivity (Wildman–Crippen MR) is 86.6 cm³/mol. The van der Waals surface area contributed by atoms with Crippen molar-refractivity contribution in [3.05, 3.63) is 64.7 Å². The highest BCUT2D eigenvalue weighted by Gasteiger charge is 2.10. The minimum Gasteiger partial charge on any atom is -0.489 e. The summed E-state index contributed by atoms with van der Waals surface area (Å²) in [7, 11) is 0.